The standard InChI is InChI=1S/C25H36N4O2.HI/c1-4-30-23-12-11-20(17-24(23)31-5-2)13-15-27-25(26-3)28-18-21-14-16-29(19-21)22-9-7-6-8-10-22;/h6-12,17,21H,4-5,13-16,18-19H2,1-3H3,(H2,26,27,28);1H. The quantitative estimate of drug-likeness (QED) is 0.261. The van der Waals surface area contributed by atoms with E-state index in [-0.39, 0.29) is 24.0 Å². The van der Waals surface area contributed by atoms with Gasteiger partial charge in [0.1, 0.15) is 0 Å². The molecular weight excluding hydrogens is 515 g/mol. The van der Waals surface area contributed by atoms with Crippen LogP contribution >= 0.6 is 24.0 Å². The molecule has 0 spiro atoms. The van der Waals surface area contributed by atoms with E-state index >= 15 is 0 Å². The molecule has 2 aromatic rings. The van der Waals surface area contributed by atoms with Gasteiger partial charge in [-0.25, -0.2) is 0 Å². The molecule has 7 heteroatoms. The molecule has 2 N–H and O–H groups in total. The van der Waals surface area contributed by atoms with Crippen molar-refractivity contribution in [1.82, 2.24) is 10.6 Å². The molecule has 1 unspecified atom stereocenters. The maximum Gasteiger partial charge on any atom is 0.190 e. The second-order valence-electron chi connectivity index (χ2n) is 7.71. The highest BCUT2D eigenvalue weighted by Gasteiger charge is 2.22. The lowest BCUT2D eigenvalue weighted by molar-refractivity contribution is 0.287. The highest BCUT2D eigenvalue weighted by atomic mass is 127. The number of anilines is 1. The summed E-state index contributed by atoms with van der Waals surface area (Å²) < 4.78 is 11.4. The van der Waals surface area contributed by atoms with Gasteiger partial charge in [0, 0.05) is 38.9 Å². The van der Waals surface area contributed by atoms with Crippen molar-refractivity contribution in [2.75, 3.05) is 51.3 Å². The van der Waals surface area contributed by atoms with Crippen molar-refractivity contribution < 1.29 is 9.47 Å². The van der Waals surface area contributed by atoms with Gasteiger partial charge in [0.15, 0.2) is 17.5 Å². The lowest BCUT2D eigenvalue weighted by Crippen LogP contribution is -2.41. The predicted molar refractivity (Wildman–Crippen MR) is 144 cm³/mol. The zero-order chi connectivity index (χ0) is 21.9. The Kier molecular flexibility index (Phi) is 11.5. The topological polar surface area (TPSA) is 58.1 Å². The Morgan fingerprint density at radius 1 is 1.03 bits per heavy atom. The summed E-state index contributed by atoms with van der Waals surface area (Å²) in [5.74, 6) is 3.10. The van der Waals surface area contributed by atoms with Crippen molar-refractivity contribution in [3.8, 4) is 11.5 Å². The molecule has 1 atom stereocenters. The number of guanidine groups is 1. The van der Waals surface area contributed by atoms with Crippen LogP contribution in [-0.2, 0) is 6.42 Å². The Bertz CT molecular complexity index is 832. The number of aliphatic imine (C=N–C) groups is 1. The first-order valence-electron chi connectivity index (χ1n) is 11.4. The fourth-order valence-electron chi connectivity index (χ4n) is 3.91. The van der Waals surface area contributed by atoms with Gasteiger partial charge in [-0.3, -0.25) is 4.99 Å². The first kappa shape index (κ1) is 26.1. The van der Waals surface area contributed by atoms with Gasteiger partial charge in [-0.05, 0) is 62.4 Å². The molecule has 176 valence electrons. The largest absolute Gasteiger partial charge is 0.490 e. The number of hydrogen-bond donors (Lipinski definition) is 2. The van der Waals surface area contributed by atoms with E-state index in [2.05, 4.69) is 63.0 Å². The fraction of sp³-hybridized carbons (Fsp3) is 0.480. The van der Waals surface area contributed by atoms with E-state index in [1.807, 2.05) is 27.0 Å². The zero-order valence-corrected chi connectivity index (χ0v) is 21.8. The second-order valence-corrected chi connectivity index (χ2v) is 7.71. The monoisotopic (exact) mass is 552 g/mol. The summed E-state index contributed by atoms with van der Waals surface area (Å²) in [5, 5.41) is 6.92. The zero-order valence-electron chi connectivity index (χ0n) is 19.5. The number of ether oxygens (including phenoxy) is 2. The molecule has 6 nitrogen and oxygen atoms in total. The normalized spacial score (nSPS) is 15.8. The third-order valence-corrected chi connectivity index (χ3v) is 5.50. The van der Waals surface area contributed by atoms with Gasteiger partial charge in [-0.15, -0.1) is 24.0 Å². The van der Waals surface area contributed by atoms with Gasteiger partial charge in [0.25, 0.3) is 0 Å². The highest BCUT2D eigenvalue weighted by Crippen LogP contribution is 2.28. The average molecular weight is 553 g/mol. The molecule has 0 aromatic heterocycles. The van der Waals surface area contributed by atoms with Crippen molar-refractivity contribution in [3.05, 3.63) is 54.1 Å². The molecule has 1 aliphatic rings. The van der Waals surface area contributed by atoms with Gasteiger partial charge >= 0.3 is 0 Å². The highest BCUT2D eigenvalue weighted by molar-refractivity contribution is 14.0. The summed E-state index contributed by atoms with van der Waals surface area (Å²) in [4.78, 5) is 6.84. The average Bonchev–Trinajstić information content (AvgIpc) is 3.28. The van der Waals surface area contributed by atoms with E-state index in [4.69, 9.17) is 9.47 Å². The van der Waals surface area contributed by atoms with Gasteiger partial charge in [0.05, 0.1) is 13.2 Å². The lowest BCUT2D eigenvalue weighted by Gasteiger charge is -2.19. The van der Waals surface area contributed by atoms with Gasteiger partial charge < -0.3 is 25.0 Å². The number of benzene rings is 2. The van der Waals surface area contributed by atoms with E-state index in [0.717, 1.165) is 50.1 Å². The summed E-state index contributed by atoms with van der Waals surface area (Å²) in [5.41, 5.74) is 2.53. The summed E-state index contributed by atoms with van der Waals surface area (Å²) in [6, 6.07) is 16.8. The number of nitrogens with zero attached hydrogens (tertiary/aromatic N) is 2. The number of halogens is 1. The van der Waals surface area contributed by atoms with E-state index in [1.165, 1.54) is 17.7 Å². The minimum atomic E-state index is 0. The molecule has 0 aliphatic carbocycles. The van der Waals surface area contributed by atoms with Crippen LogP contribution in [0.5, 0.6) is 11.5 Å². The Morgan fingerprint density at radius 3 is 2.50 bits per heavy atom. The molecule has 1 fully saturated rings. The summed E-state index contributed by atoms with van der Waals surface area (Å²) in [6.07, 6.45) is 2.09. The second kappa shape index (κ2) is 14.1. The van der Waals surface area contributed by atoms with Crippen LogP contribution in [0.2, 0.25) is 0 Å². The molecule has 2 aromatic carbocycles. The lowest BCUT2D eigenvalue weighted by atomic mass is 10.1. The molecule has 0 bridgehead atoms. The molecule has 0 saturated carbocycles. The summed E-state index contributed by atoms with van der Waals surface area (Å²) in [6.45, 7) is 9.16. The Morgan fingerprint density at radius 2 is 1.78 bits per heavy atom. The molecular formula is C25H37IN4O2. The Balaban J connectivity index is 0.00000363. The molecule has 1 saturated heterocycles. The van der Waals surface area contributed by atoms with Crippen LogP contribution in [0.15, 0.2) is 53.5 Å². The molecule has 1 heterocycles. The Hall–Kier alpha value is -2.16. The molecule has 1 aliphatic heterocycles. The van der Waals surface area contributed by atoms with Crippen LogP contribution in [-0.4, -0.2) is 52.4 Å². The van der Waals surface area contributed by atoms with Gasteiger partial charge in [0.2, 0.25) is 0 Å². The van der Waals surface area contributed by atoms with E-state index in [0.29, 0.717) is 19.1 Å². The molecule has 3 rings (SSSR count). The number of nitrogens with one attached hydrogen (secondary N) is 2. The summed E-state index contributed by atoms with van der Waals surface area (Å²) in [7, 11) is 1.82. The maximum absolute atomic E-state index is 5.73. The molecule has 0 radical (unpaired) electrons. The number of rotatable bonds is 10. The first-order chi connectivity index (χ1) is 15.2. The van der Waals surface area contributed by atoms with Crippen molar-refractivity contribution in [2.45, 2.75) is 26.7 Å². The first-order valence-corrected chi connectivity index (χ1v) is 11.4. The van der Waals surface area contributed by atoms with Crippen molar-refractivity contribution >= 4 is 35.6 Å². The van der Waals surface area contributed by atoms with Crippen LogP contribution < -0.4 is 25.0 Å². The van der Waals surface area contributed by atoms with Crippen LogP contribution in [0.4, 0.5) is 5.69 Å². The minimum absolute atomic E-state index is 0. The van der Waals surface area contributed by atoms with Crippen molar-refractivity contribution in [1.29, 1.82) is 0 Å². The minimum Gasteiger partial charge on any atom is -0.490 e. The van der Waals surface area contributed by atoms with Crippen LogP contribution in [0.25, 0.3) is 0 Å². The van der Waals surface area contributed by atoms with Crippen LogP contribution in [0.1, 0.15) is 25.8 Å². The van der Waals surface area contributed by atoms with E-state index < -0.39 is 0 Å². The SMILES string of the molecule is CCOc1ccc(CCNC(=NC)NCC2CCN(c3ccccc3)C2)cc1OCC.I. The maximum atomic E-state index is 5.73. The predicted octanol–water partition coefficient (Wildman–Crippen LogP) is 4.34. The van der Waals surface area contributed by atoms with E-state index in [1.54, 1.807) is 0 Å². The Labute approximate surface area is 209 Å². The van der Waals surface area contributed by atoms with Crippen molar-refractivity contribution in [3.63, 3.8) is 0 Å². The van der Waals surface area contributed by atoms with Crippen LogP contribution in [0, 0.1) is 5.92 Å². The molecule has 0 amide bonds. The third-order valence-electron chi connectivity index (χ3n) is 5.50. The van der Waals surface area contributed by atoms with Gasteiger partial charge in [-0.1, -0.05) is 24.3 Å². The smallest absolute Gasteiger partial charge is 0.190 e. The van der Waals surface area contributed by atoms with Crippen LogP contribution in [0.3, 0.4) is 0 Å². The number of hydrogen-bond acceptors (Lipinski definition) is 4. The number of para-hydroxylation sites is 1. The third kappa shape index (κ3) is 7.76. The summed E-state index contributed by atoms with van der Waals surface area (Å²) >= 11 is 0. The van der Waals surface area contributed by atoms with E-state index in [9.17, 15) is 0 Å². The molecule has 32 heavy (non-hydrogen) atoms. The fourth-order valence-corrected chi connectivity index (χ4v) is 3.91. The van der Waals surface area contributed by atoms with Crippen molar-refractivity contribution in [2.24, 2.45) is 10.9 Å². The van der Waals surface area contributed by atoms with Gasteiger partial charge in [-0.2, -0.15) is 0 Å².